The van der Waals surface area contributed by atoms with Gasteiger partial charge in [0.1, 0.15) is 21.8 Å². The van der Waals surface area contributed by atoms with Crippen LogP contribution in [0.2, 0.25) is 0 Å². The van der Waals surface area contributed by atoms with Gasteiger partial charge in [0.2, 0.25) is 0 Å². The summed E-state index contributed by atoms with van der Waals surface area (Å²) in [4.78, 5) is 11.4. The molecule has 0 spiro atoms. The summed E-state index contributed by atoms with van der Waals surface area (Å²) in [7, 11) is 0. The highest BCUT2D eigenvalue weighted by Crippen LogP contribution is 2.31. The van der Waals surface area contributed by atoms with Crippen LogP contribution in [-0.4, -0.2) is 16.1 Å². The minimum Gasteiger partial charge on any atom is -0.298 e. The molecule has 122 valence electrons. The maximum absolute atomic E-state index is 14.0. The van der Waals surface area contributed by atoms with Gasteiger partial charge in [-0.3, -0.25) is 4.79 Å². The molecule has 2 aromatic carbocycles. The highest BCUT2D eigenvalue weighted by molar-refractivity contribution is 9.10. The van der Waals surface area contributed by atoms with Gasteiger partial charge >= 0.3 is 0 Å². The molecule has 0 saturated carbocycles. The molecule has 3 rings (SSSR count). The number of hydrogen-bond acceptors (Lipinski definition) is 2. The Bertz CT molecular complexity index is 955. The summed E-state index contributed by atoms with van der Waals surface area (Å²) in [6, 6.07) is 5.86. The van der Waals surface area contributed by atoms with Crippen molar-refractivity contribution >= 4 is 22.2 Å². The van der Waals surface area contributed by atoms with E-state index in [1.165, 1.54) is 6.07 Å². The molecule has 0 N–H and O–H groups in total. The van der Waals surface area contributed by atoms with E-state index in [4.69, 9.17) is 0 Å². The highest BCUT2D eigenvalue weighted by Gasteiger charge is 2.20. The maximum atomic E-state index is 14.0. The van der Waals surface area contributed by atoms with Gasteiger partial charge in [-0.15, -0.1) is 0 Å². The number of carbonyl (C=O) groups excluding carboxylic acids is 1. The molecule has 1 heterocycles. The summed E-state index contributed by atoms with van der Waals surface area (Å²) in [5, 5.41) is 4.07. The van der Waals surface area contributed by atoms with E-state index in [0.717, 1.165) is 28.9 Å². The number of aromatic nitrogens is 2. The number of rotatable bonds is 3. The fourth-order valence-corrected chi connectivity index (χ4v) is 2.73. The standard InChI is InChI=1S/C16H7BrF4N2O/c17-16-10(7-24)15(8-1-3-11(19)12(20)5-8)22-23(16)14-4-2-9(18)6-13(14)21/h1-7H. The summed E-state index contributed by atoms with van der Waals surface area (Å²) < 4.78 is 54.6. The smallest absolute Gasteiger partial charge is 0.159 e. The Morgan fingerprint density at radius 2 is 1.71 bits per heavy atom. The van der Waals surface area contributed by atoms with E-state index in [-0.39, 0.29) is 27.1 Å². The van der Waals surface area contributed by atoms with Gasteiger partial charge in [0.15, 0.2) is 23.7 Å². The van der Waals surface area contributed by atoms with E-state index < -0.39 is 23.3 Å². The lowest BCUT2D eigenvalue weighted by molar-refractivity contribution is 0.112. The minimum absolute atomic E-state index is 0.0183. The lowest BCUT2D eigenvalue weighted by Gasteiger charge is -2.04. The topological polar surface area (TPSA) is 34.9 Å². The number of benzene rings is 2. The van der Waals surface area contributed by atoms with Crippen LogP contribution in [0.15, 0.2) is 41.0 Å². The Hall–Kier alpha value is -2.48. The zero-order chi connectivity index (χ0) is 17.4. The van der Waals surface area contributed by atoms with Crippen molar-refractivity contribution in [2.45, 2.75) is 0 Å². The van der Waals surface area contributed by atoms with Crippen molar-refractivity contribution in [2.75, 3.05) is 0 Å². The van der Waals surface area contributed by atoms with Crippen molar-refractivity contribution in [3.8, 4) is 16.9 Å². The third kappa shape index (κ3) is 2.73. The molecule has 1 aromatic heterocycles. The van der Waals surface area contributed by atoms with Crippen LogP contribution in [0.3, 0.4) is 0 Å². The molecule has 0 fully saturated rings. The molecular formula is C16H7BrF4N2O. The second-order valence-corrected chi connectivity index (χ2v) is 5.56. The van der Waals surface area contributed by atoms with E-state index in [9.17, 15) is 22.4 Å². The predicted octanol–water partition coefficient (Wildman–Crippen LogP) is 4.67. The average molecular weight is 399 g/mol. The van der Waals surface area contributed by atoms with Gasteiger partial charge < -0.3 is 0 Å². The van der Waals surface area contributed by atoms with Crippen LogP contribution < -0.4 is 0 Å². The summed E-state index contributed by atoms with van der Waals surface area (Å²) in [5.74, 6) is -3.82. The average Bonchev–Trinajstić information content (AvgIpc) is 2.86. The van der Waals surface area contributed by atoms with E-state index in [2.05, 4.69) is 21.0 Å². The van der Waals surface area contributed by atoms with Crippen LogP contribution in [0.5, 0.6) is 0 Å². The Morgan fingerprint density at radius 3 is 2.33 bits per heavy atom. The van der Waals surface area contributed by atoms with Crippen molar-refractivity contribution in [1.29, 1.82) is 0 Å². The van der Waals surface area contributed by atoms with Gasteiger partial charge in [0.05, 0.1) is 5.56 Å². The van der Waals surface area contributed by atoms with Crippen molar-refractivity contribution < 1.29 is 22.4 Å². The fraction of sp³-hybridized carbons (Fsp3) is 0. The molecule has 0 aliphatic heterocycles. The van der Waals surface area contributed by atoms with Crippen LogP contribution >= 0.6 is 15.9 Å². The molecule has 0 saturated heterocycles. The van der Waals surface area contributed by atoms with E-state index >= 15 is 0 Å². The van der Waals surface area contributed by atoms with Gasteiger partial charge in [-0.25, -0.2) is 22.2 Å². The third-order valence-electron chi connectivity index (χ3n) is 3.31. The fourth-order valence-electron chi connectivity index (χ4n) is 2.18. The Balaban J connectivity index is 2.22. The SMILES string of the molecule is O=Cc1c(-c2ccc(F)c(F)c2)nn(-c2ccc(F)cc2F)c1Br. The first-order chi connectivity index (χ1) is 11.4. The molecule has 8 heteroatoms. The summed E-state index contributed by atoms with van der Waals surface area (Å²) in [5.41, 5.74) is 0.0717. The number of nitrogens with zero attached hydrogens (tertiary/aromatic N) is 2. The first kappa shape index (κ1) is 16.4. The summed E-state index contributed by atoms with van der Waals surface area (Å²) >= 11 is 3.12. The molecule has 0 radical (unpaired) electrons. The number of hydrogen-bond donors (Lipinski definition) is 0. The van der Waals surface area contributed by atoms with Gasteiger partial charge in [-0.2, -0.15) is 5.10 Å². The molecular weight excluding hydrogens is 392 g/mol. The monoisotopic (exact) mass is 398 g/mol. The third-order valence-corrected chi connectivity index (χ3v) is 4.08. The maximum Gasteiger partial charge on any atom is 0.159 e. The Kier molecular flexibility index (Phi) is 4.23. The Labute approximate surface area is 141 Å². The van der Waals surface area contributed by atoms with Gasteiger partial charge in [0.25, 0.3) is 0 Å². The number of aldehydes is 1. The predicted molar refractivity (Wildman–Crippen MR) is 81.9 cm³/mol. The van der Waals surface area contributed by atoms with Gasteiger partial charge in [-0.05, 0) is 46.3 Å². The second kappa shape index (κ2) is 6.20. The zero-order valence-corrected chi connectivity index (χ0v) is 13.3. The molecule has 0 atom stereocenters. The molecule has 3 aromatic rings. The van der Waals surface area contributed by atoms with Gasteiger partial charge in [0, 0.05) is 11.6 Å². The molecule has 0 aliphatic rings. The minimum atomic E-state index is -1.11. The first-order valence-electron chi connectivity index (χ1n) is 6.57. The lowest BCUT2D eigenvalue weighted by atomic mass is 10.1. The van der Waals surface area contributed by atoms with Crippen molar-refractivity contribution in [2.24, 2.45) is 0 Å². The second-order valence-electron chi connectivity index (χ2n) is 4.81. The Morgan fingerprint density at radius 1 is 0.958 bits per heavy atom. The summed E-state index contributed by atoms with van der Waals surface area (Å²) in [6.45, 7) is 0. The summed E-state index contributed by atoms with van der Waals surface area (Å²) in [6.07, 6.45) is 0.450. The van der Waals surface area contributed by atoms with Crippen LogP contribution in [0.25, 0.3) is 16.9 Å². The van der Waals surface area contributed by atoms with Crippen LogP contribution in [0, 0.1) is 23.3 Å². The normalized spacial score (nSPS) is 10.9. The van der Waals surface area contributed by atoms with Crippen LogP contribution in [0.4, 0.5) is 17.6 Å². The number of halogens is 5. The molecule has 0 unspecified atom stereocenters. The van der Waals surface area contributed by atoms with Crippen LogP contribution in [0.1, 0.15) is 10.4 Å². The van der Waals surface area contributed by atoms with E-state index in [1.807, 2.05) is 0 Å². The van der Waals surface area contributed by atoms with Crippen molar-refractivity contribution in [3.63, 3.8) is 0 Å². The molecule has 0 amide bonds. The molecule has 3 nitrogen and oxygen atoms in total. The highest BCUT2D eigenvalue weighted by atomic mass is 79.9. The molecule has 0 aliphatic carbocycles. The quantitative estimate of drug-likeness (QED) is 0.474. The lowest BCUT2D eigenvalue weighted by Crippen LogP contribution is -2.01. The largest absolute Gasteiger partial charge is 0.298 e. The van der Waals surface area contributed by atoms with Crippen molar-refractivity contribution in [1.82, 2.24) is 9.78 Å². The first-order valence-corrected chi connectivity index (χ1v) is 7.36. The molecule has 24 heavy (non-hydrogen) atoms. The van der Waals surface area contributed by atoms with Gasteiger partial charge in [-0.1, -0.05) is 0 Å². The van der Waals surface area contributed by atoms with E-state index in [0.29, 0.717) is 12.4 Å². The zero-order valence-electron chi connectivity index (χ0n) is 11.7. The number of carbonyl (C=O) groups is 1. The van der Waals surface area contributed by atoms with Crippen molar-refractivity contribution in [3.05, 3.63) is 69.8 Å². The van der Waals surface area contributed by atoms with Crippen LogP contribution in [-0.2, 0) is 0 Å². The molecule has 0 bridgehead atoms. The van der Waals surface area contributed by atoms with E-state index in [1.54, 1.807) is 0 Å².